The lowest BCUT2D eigenvalue weighted by atomic mass is 10.1. The van der Waals surface area contributed by atoms with Crippen LogP contribution >= 0.6 is 0 Å². The Morgan fingerprint density at radius 2 is 1.64 bits per heavy atom. The van der Waals surface area contributed by atoms with E-state index < -0.39 is 31.1 Å². The van der Waals surface area contributed by atoms with Gasteiger partial charge in [0, 0.05) is 0 Å². The number of nitrogens with one attached hydrogen (secondary N) is 1. The van der Waals surface area contributed by atoms with E-state index in [1.54, 1.807) is 12.7 Å². The van der Waals surface area contributed by atoms with Gasteiger partial charge < -0.3 is 23.3 Å². The smallest absolute Gasteiger partial charge is 0.184 e. The molecule has 12 heteroatoms. The van der Waals surface area contributed by atoms with Crippen LogP contribution in [0.5, 0.6) is 0 Å². The number of hydrogen-bond acceptors (Lipinski definition) is 8. The molecule has 3 rings (SSSR count). The largest absolute Gasteiger partial charge is 0.409 e. The number of nitrogens with zero attached hydrogens (tertiary/aromatic N) is 4. The fraction of sp³-hybridized carbons (Fsp3) is 0.708. The van der Waals surface area contributed by atoms with Crippen LogP contribution < -0.4 is 4.98 Å². The fourth-order valence-corrected chi connectivity index (χ4v) is 7.14. The van der Waals surface area contributed by atoms with Gasteiger partial charge in [-0.05, 0) is 52.6 Å². The van der Waals surface area contributed by atoms with Crippen molar-refractivity contribution in [3.8, 4) is 0 Å². The highest BCUT2D eigenvalue weighted by atomic mass is 28.4. The molecule has 0 spiro atoms. The SMILES string of the molecule is C=C(C)CCOC[C@H]1O[C@@H](n2cnc3c(N[Si](C)(C)C)ncnc32)[C@H](O[Si](C)(C)C)[C@@H]1O[Si](C)(C)C. The van der Waals surface area contributed by atoms with Crippen molar-refractivity contribution in [2.75, 3.05) is 18.2 Å². The first-order chi connectivity index (χ1) is 16.5. The van der Waals surface area contributed by atoms with Gasteiger partial charge in [-0.15, -0.1) is 6.58 Å². The van der Waals surface area contributed by atoms with Gasteiger partial charge in [-0.3, -0.25) is 4.57 Å². The molecule has 202 valence electrons. The van der Waals surface area contributed by atoms with Crippen LogP contribution in [0.25, 0.3) is 11.2 Å². The first-order valence-corrected chi connectivity index (χ1v) is 23.0. The fourth-order valence-electron chi connectivity index (χ4n) is 4.08. The summed E-state index contributed by atoms with van der Waals surface area (Å²) in [7, 11) is -5.51. The normalized spacial score (nSPS) is 23.4. The zero-order valence-electron chi connectivity index (χ0n) is 23.7. The van der Waals surface area contributed by atoms with E-state index in [2.05, 4.69) is 80.5 Å². The Balaban J connectivity index is 1.99. The summed E-state index contributed by atoms with van der Waals surface area (Å²) < 4.78 is 28.2. The molecular formula is C24H45N5O4Si3. The molecule has 1 saturated heterocycles. The van der Waals surface area contributed by atoms with Gasteiger partial charge in [0.1, 0.15) is 44.2 Å². The Kier molecular flexibility index (Phi) is 9.01. The average Bonchev–Trinajstić information content (AvgIpc) is 3.25. The third-order valence-electron chi connectivity index (χ3n) is 5.35. The average molecular weight is 552 g/mol. The Hall–Kier alpha value is -1.42. The molecule has 0 bridgehead atoms. The van der Waals surface area contributed by atoms with E-state index in [0.29, 0.717) is 13.2 Å². The first kappa shape index (κ1) is 29.1. The van der Waals surface area contributed by atoms with Crippen LogP contribution in [0.4, 0.5) is 5.82 Å². The third-order valence-corrected chi connectivity index (χ3v) is 8.29. The standard InChI is InChI=1S/C24H45N5O4Si3/c1-17(2)12-13-30-14-18-20(32-35(6,7)8)21(33-36(9,10)11)24(31-18)29-16-27-19-22(28-34(3,4)5)25-15-26-23(19)29/h15-16,18,20-21,24H,1,12-14H2,2-11H3,(H,25,26,28)/t18-,20-,21-,24-/m1/s1. The van der Waals surface area contributed by atoms with Crippen LogP contribution in [0.2, 0.25) is 58.9 Å². The first-order valence-electron chi connectivity index (χ1n) is 12.7. The minimum atomic E-state index is -1.96. The summed E-state index contributed by atoms with van der Waals surface area (Å²) in [5.74, 6) is 0.758. The monoisotopic (exact) mass is 551 g/mol. The summed E-state index contributed by atoms with van der Waals surface area (Å²) in [6.45, 7) is 26.9. The van der Waals surface area contributed by atoms with E-state index >= 15 is 0 Å². The molecule has 36 heavy (non-hydrogen) atoms. The van der Waals surface area contributed by atoms with Crippen molar-refractivity contribution in [3.63, 3.8) is 0 Å². The summed E-state index contributed by atoms with van der Waals surface area (Å²) in [5, 5.41) is 0. The Morgan fingerprint density at radius 3 is 2.22 bits per heavy atom. The van der Waals surface area contributed by atoms with Crippen molar-refractivity contribution in [1.29, 1.82) is 0 Å². The molecule has 9 nitrogen and oxygen atoms in total. The quantitative estimate of drug-likeness (QED) is 0.213. The predicted octanol–water partition coefficient (Wildman–Crippen LogP) is 5.39. The molecule has 2 aromatic heterocycles. The highest BCUT2D eigenvalue weighted by Gasteiger charge is 2.50. The Bertz CT molecular complexity index is 1050. The van der Waals surface area contributed by atoms with E-state index in [0.717, 1.165) is 29.0 Å². The molecular weight excluding hydrogens is 507 g/mol. The number of aromatic nitrogens is 4. The van der Waals surface area contributed by atoms with Crippen LogP contribution in [0.3, 0.4) is 0 Å². The van der Waals surface area contributed by atoms with E-state index in [1.807, 2.05) is 11.5 Å². The van der Waals surface area contributed by atoms with E-state index in [9.17, 15) is 0 Å². The van der Waals surface area contributed by atoms with Gasteiger partial charge in [0.15, 0.2) is 28.5 Å². The van der Waals surface area contributed by atoms with Crippen molar-refractivity contribution in [3.05, 3.63) is 24.8 Å². The predicted molar refractivity (Wildman–Crippen MR) is 153 cm³/mol. The number of ether oxygens (including phenoxy) is 2. The summed E-state index contributed by atoms with van der Waals surface area (Å²) >= 11 is 0. The van der Waals surface area contributed by atoms with Gasteiger partial charge in [0.2, 0.25) is 0 Å². The zero-order chi connectivity index (χ0) is 26.9. The minimum Gasteiger partial charge on any atom is -0.409 e. The maximum atomic E-state index is 6.77. The zero-order valence-corrected chi connectivity index (χ0v) is 26.7. The second-order valence-electron chi connectivity index (χ2n) is 12.7. The lowest BCUT2D eigenvalue weighted by Gasteiger charge is -2.34. The molecule has 0 aromatic carbocycles. The number of fused-ring (bicyclic) bond motifs is 1. The Labute approximate surface area is 219 Å². The lowest BCUT2D eigenvalue weighted by molar-refractivity contribution is -0.0628. The molecule has 0 aliphatic carbocycles. The molecule has 1 N–H and O–H groups in total. The lowest BCUT2D eigenvalue weighted by Crippen LogP contribution is -2.48. The van der Waals surface area contributed by atoms with Gasteiger partial charge in [0.05, 0.1) is 19.5 Å². The van der Waals surface area contributed by atoms with Crippen LogP contribution in [0, 0.1) is 0 Å². The second kappa shape index (κ2) is 11.1. The summed E-state index contributed by atoms with van der Waals surface area (Å²) in [6.07, 6.45) is 2.92. The molecule has 3 heterocycles. The van der Waals surface area contributed by atoms with Gasteiger partial charge in [0.25, 0.3) is 0 Å². The van der Waals surface area contributed by atoms with Gasteiger partial charge in [-0.1, -0.05) is 25.2 Å². The number of rotatable bonds is 12. The van der Waals surface area contributed by atoms with Crippen molar-refractivity contribution in [1.82, 2.24) is 19.5 Å². The maximum absolute atomic E-state index is 6.77. The summed E-state index contributed by atoms with van der Waals surface area (Å²) in [5.41, 5.74) is 2.55. The number of hydrogen-bond donors (Lipinski definition) is 1. The molecule has 1 aliphatic rings. The minimum absolute atomic E-state index is 0.253. The number of imidazole rings is 1. The molecule has 1 fully saturated rings. The van der Waals surface area contributed by atoms with Crippen molar-refractivity contribution in [2.24, 2.45) is 0 Å². The number of anilines is 1. The Morgan fingerprint density at radius 1 is 1.00 bits per heavy atom. The second-order valence-corrected chi connectivity index (χ2v) is 26.3. The third kappa shape index (κ3) is 8.04. The highest BCUT2D eigenvalue weighted by molar-refractivity contribution is 6.79. The molecule has 1 aliphatic heterocycles. The van der Waals surface area contributed by atoms with E-state index in [-0.39, 0.29) is 18.3 Å². The molecule has 0 radical (unpaired) electrons. The van der Waals surface area contributed by atoms with Gasteiger partial charge >= 0.3 is 0 Å². The van der Waals surface area contributed by atoms with Crippen LogP contribution in [-0.2, 0) is 18.3 Å². The van der Waals surface area contributed by atoms with Crippen molar-refractivity contribution in [2.45, 2.75) is 96.8 Å². The highest BCUT2D eigenvalue weighted by Crippen LogP contribution is 2.38. The van der Waals surface area contributed by atoms with E-state index in [4.69, 9.17) is 23.3 Å². The molecule has 0 saturated carbocycles. The van der Waals surface area contributed by atoms with Gasteiger partial charge in [-0.25, -0.2) is 15.0 Å². The van der Waals surface area contributed by atoms with Gasteiger partial charge in [-0.2, -0.15) is 0 Å². The van der Waals surface area contributed by atoms with Crippen LogP contribution in [0.15, 0.2) is 24.8 Å². The molecule has 0 unspecified atom stereocenters. The molecule has 4 atom stereocenters. The molecule has 0 amide bonds. The topological polar surface area (TPSA) is 92.6 Å². The van der Waals surface area contributed by atoms with Crippen LogP contribution in [0.1, 0.15) is 19.6 Å². The summed E-state index contributed by atoms with van der Waals surface area (Å²) in [6, 6.07) is 0. The summed E-state index contributed by atoms with van der Waals surface area (Å²) in [4.78, 5) is 17.3. The van der Waals surface area contributed by atoms with E-state index in [1.165, 1.54) is 0 Å². The van der Waals surface area contributed by atoms with Crippen molar-refractivity contribution >= 4 is 41.9 Å². The van der Waals surface area contributed by atoms with Crippen LogP contribution in [-0.4, -0.2) is 75.9 Å². The van der Waals surface area contributed by atoms with Crippen molar-refractivity contribution < 1.29 is 18.3 Å². The molecule has 2 aromatic rings. The maximum Gasteiger partial charge on any atom is 0.184 e.